The molecule has 0 amide bonds. The number of ketones is 1. The van der Waals surface area contributed by atoms with Crippen molar-refractivity contribution in [2.24, 2.45) is 5.73 Å². The first-order valence-electron chi connectivity index (χ1n) is 6.90. The van der Waals surface area contributed by atoms with E-state index in [4.69, 9.17) is 27.5 Å². The number of alkyl halides is 3. The molecular formula is C15H15ClF3N3O4. The van der Waals surface area contributed by atoms with Crippen LogP contribution in [0.3, 0.4) is 0 Å². The Morgan fingerprint density at radius 3 is 2.46 bits per heavy atom. The number of hydrogen-bond donors (Lipinski definition) is 3. The molecule has 0 atom stereocenters. The molecule has 0 aliphatic rings. The molecule has 1 aromatic carbocycles. The second-order valence-corrected chi connectivity index (χ2v) is 5.16. The molecule has 142 valence electrons. The Hall–Kier alpha value is -2.75. The van der Waals surface area contributed by atoms with Crippen molar-refractivity contribution in [3.05, 3.63) is 40.2 Å². The maximum Gasteiger partial charge on any atom is 0.433 e. The molecule has 4 N–H and O–H groups in total. The largest absolute Gasteiger partial charge is 0.497 e. The van der Waals surface area contributed by atoms with Crippen molar-refractivity contribution < 1.29 is 32.2 Å². The minimum absolute atomic E-state index is 0.0420. The van der Waals surface area contributed by atoms with E-state index in [2.05, 4.69) is 10.1 Å². The van der Waals surface area contributed by atoms with Crippen LogP contribution < -0.4 is 15.8 Å². The fourth-order valence-corrected chi connectivity index (χ4v) is 1.96. The zero-order valence-corrected chi connectivity index (χ0v) is 14.4. The minimum Gasteiger partial charge on any atom is -0.497 e. The Labute approximate surface area is 151 Å². The summed E-state index contributed by atoms with van der Waals surface area (Å²) in [7, 11) is 2.52. The molecule has 0 aliphatic carbocycles. The average Bonchev–Trinajstić information content (AvgIpc) is 2.59. The third-order valence-corrected chi connectivity index (χ3v) is 3.41. The number of Topliss-reactive ketones (excluding diaryl/α,β-unsaturated/α-hetero) is 1. The molecule has 1 aromatic rings. The number of nitrogens with two attached hydrogens (primary N) is 1. The van der Waals surface area contributed by atoms with Crippen molar-refractivity contribution >= 4 is 29.1 Å². The van der Waals surface area contributed by atoms with E-state index in [0.717, 1.165) is 7.05 Å². The van der Waals surface area contributed by atoms with Crippen molar-refractivity contribution in [3.63, 3.8) is 0 Å². The van der Waals surface area contributed by atoms with Crippen molar-refractivity contribution in [2.75, 3.05) is 20.8 Å². The van der Waals surface area contributed by atoms with E-state index in [1.54, 1.807) is 0 Å². The fraction of sp³-hybridized carbons (Fsp3) is 0.267. The molecule has 0 saturated heterocycles. The van der Waals surface area contributed by atoms with Gasteiger partial charge in [-0.05, 0) is 18.2 Å². The number of benzene rings is 1. The topological polar surface area (TPSA) is 115 Å². The molecule has 1 rings (SSSR count). The van der Waals surface area contributed by atoms with E-state index < -0.39 is 41.6 Å². The lowest BCUT2D eigenvalue weighted by Crippen LogP contribution is -2.34. The van der Waals surface area contributed by atoms with Gasteiger partial charge in [0, 0.05) is 12.6 Å². The van der Waals surface area contributed by atoms with Crippen LogP contribution in [0, 0.1) is 5.41 Å². The highest BCUT2D eigenvalue weighted by atomic mass is 35.5. The Morgan fingerprint density at radius 2 is 1.96 bits per heavy atom. The van der Waals surface area contributed by atoms with Crippen molar-refractivity contribution in [1.29, 1.82) is 5.41 Å². The summed E-state index contributed by atoms with van der Waals surface area (Å²) in [5.74, 6) is -2.76. The Morgan fingerprint density at radius 1 is 1.35 bits per heavy atom. The maximum atomic E-state index is 12.7. The summed E-state index contributed by atoms with van der Waals surface area (Å²) in [4.78, 5) is 24.0. The number of rotatable bonds is 7. The number of esters is 1. The van der Waals surface area contributed by atoms with Gasteiger partial charge in [0.1, 0.15) is 17.1 Å². The lowest BCUT2D eigenvalue weighted by atomic mass is 10.1. The third kappa shape index (κ3) is 5.12. The number of ether oxygens (including phenoxy) is 2. The highest BCUT2D eigenvalue weighted by Gasteiger charge is 2.41. The van der Waals surface area contributed by atoms with Crippen LogP contribution in [0.5, 0.6) is 5.75 Å². The van der Waals surface area contributed by atoms with Gasteiger partial charge < -0.3 is 20.5 Å². The lowest BCUT2D eigenvalue weighted by Gasteiger charge is -2.14. The fourth-order valence-electron chi connectivity index (χ4n) is 1.74. The molecule has 26 heavy (non-hydrogen) atoms. The first kappa shape index (κ1) is 21.3. The second-order valence-electron chi connectivity index (χ2n) is 4.76. The van der Waals surface area contributed by atoms with Crippen molar-refractivity contribution in [1.82, 2.24) is 5.32 Å². The molecule has 0 aromatic heterocycles. The predicted molar refractivity (Wildman–Crippen MR) is 87.3 cm³/mol. The van der Waals surface area contributed by atoms with E-state index in [1.807, 2.05) is 0 Å². The molecule has 0 unspecified atom stereocenters. The molecular weight excluding hydrogens is 379 g/mol. The third-order valence-electron chi connectivity index (χ3n) is 3.08. The van der Waals surface area contributed by atoms with Crippen LogP contribution in [0.25, 0.3) is 0 Å². The van der Waals surface area contributed by atoms with Crippen LogP contribution in [0.2, 0.25) is 5.02 Å². The monoisotopic (exact) mass is 393 g/mol. The van der Waals surface area contributed by atoms with Crippen LogP contribution in [0.1, 0.15) is 10.4 Å². The highest BCUT2D eigenvalue weighted by molar-refractivity contribution is 6.34. The normalized spacial score (nSPS) is 12.1. The van der Waals surface area contributed by atoms with E-state index in [9.17, 15) is 22.8 Å². The van der Waals surface area contributed by atoms with Gasteiger partial charge in [0.05, 0.1) is 12.1 Å². The number of nitrogens with one attached hydrogen (secondary N) is 2. The number of halogens is 4. The van der Waals surface area contributed by atoms with Crippen LogP contribution in [0.4, 0.5) is 13.2 Å². The van der Waals surface area contributed by atoms with Gasteiger partial charge in [-0.15, -0.1) is 0 Å². The molecule has 7 nitrogen and oxygen atoms in total. The highest BCUT2D eigenvalue weighted by Crippen LogP contribution is 2.24. The summed E-state index contributed by atoms with van der Waals surface area (Å²) in [6.07, 6.45) is -5.13. The van der Waals surface area contributed by atoms with Crippen LogP contribution >= 0.6 is 11.6 Å². The number of hydrogen-bond acceptors (Lipinski definition) is 7. The number of carbonyl (C=O) groups is 2. The summed E-state index contributed by atoms with van der Waals surface area (Å²) >= 11 is 5.87. The van der Waals surface area contributed by atoms with E-state index >= 15 is 0 Å². The summed E-state index contributed by atoms with van der Waals surface area (Å²) in [5.41, 5.74) is 2.02. The van der Waals surface area contributed by atoms with Gasteiger partial charge in [0.25, 0.3) is 0 Å². The summed E-state index contributed by atoms with van der Waals surface area (Å²) in [6.45, 7) is -0.905. The molecule has 0 bridgehead atoms. The molecule has 0 fully saturated rings. The van der Waals surface area contributed by atoms with Gasteiger partial charge in [0.15, 0.2) is 12.3 Å². The summed E-state index contributed by atoms with van der Waals surface area (Å²) in [6, 6.07) is 4.15. The SMILES string of the molecule is CN/C(N)=C(\C(=N)C(F)(F)F)C(=O)OCC(=O)c1cc(OC)ccc1Cl. The predicted octanol–water partition coefficient (Wildman–Crippen LogP) is 2.05. The number of carbonyl (C=O) groups excluding carboxylic acids is 2. The molecule has 11 heteroatoms. The van der Waals surface area contributed by atoms with Gasteiger partial charge >= 0.3 is 12.1 Å². The quantitative estimate of drug-likeness (QED) is 0.283. The maximum absolute atomic E-state index is 12.7. The zero-order chi connectivity index (χ0) is 20.1. The molecule has 0 radical (unpaired) electrons. The van der Waals surface area contributed by atoms with Crippen LogP contribution in [-0.4, -0.2) is 44.4 Å². The summed E-state index contributed by atoms with van der Waals surface area (Å²) < 4.78 is 47.6. The van der Waals surface area contributed by atoms with Crippen molar-refractivity contribution in [3.8, 4) is 5.75 Å². The van der Waals surface area contributed by atoms with Gasteiger partial charge in [0.2, 0.25) is 5.78 Å². The van der Waals surface area contributed by atoms with Gasteiger partial charge in [-0.2, -0.15) is 13.2 Å². The van der Waals surface area contributed by atoms with Gasteiger partial charge in [-0.3, -0.25) is 10.2 Å². The first-order valence-corrected chi connectivity index (χ1v) is 7.28. The molecule has 0 saturated carbocycles. The first-order chi connectivity index (χ1) is 12.0. The van der Waals surface area contributed by atoms with Crippen molar-refractivity contribution in [2.45, 2.75) is 6.18 Å². The zero-order valence-electron chi connectivity index (χ0n) is 13.7. The minimum atomic E-state index is -5.13. The van der Waals surface area contributed by atoms with Gasteiger partial charge in [-0.1, -0.05) is 11.6 Å². The average molecular weight is 394 g/mol. The molecule has 0 spiro atoms. The van der Waals surface area contributed by atoms with E-state index in [0.29, 0.717) is 5.75 Å². The second kappa shape index (κ2) is 8.56. The standard InChI is InChI=1S/C15H15ClF3N3O4/c1-22-13(21)11(12(20)15(17,18)19)14(24)26-6-10(23)8-5-7(25-2)3-4-9(8)16/h3-5,20,22H,6,21H2,1-2H3/b13-11+,20-12?. The van der Waals surface area contributed by atoms with E-state index in [-0.39, 0.29) is 10.6 Å². The summed E-state index contributed by atoms with van der Waals surface area (Å²) in [5, 5.41) is 9.25. The molecule has 0 aliphatic heterocycles. The van der Waals surface area contributed by atoms with Crippen LogP contribution in [0.15, 0.2) is 29.6 Å². The smallest absolute Gasteiger partial charge is 0.433 e. The Kier molecular flexibility index (Phi) is 7.01. The molecule has 0 heterocycles. The van der Waals surface area contributed by atoms with Crippen LogP contribution in [-0.2, 0) is 9.53 Å². The van der Waals surface area contributed by atoms with Gasteiger partial charge in [-0.25, -0.2) is 4.79 Å². The Bertz CT molecular complexity index is 763. The number of methoxy groups -OCH3 is 1. The Balaban J connectivity index is 2.99. The van der Waals surface area contributed by atoms with E-state index in [1.165, 1.54) is 25.3 Å². The lowest BCUT2D eigenvalue weighted by molar-refractivity contribution is -0.138.